The number of hydrogen-bond donors (Lipinski definition) is 0. The van der Waals surface area contributed by atoms with E-state index >= 15 is 4.79 Å². The quantitative estimate of drug-likeness (QED) is 0.176. The molecule has 3 aromatic carbocycles. The normalized spacial score (nSPS) is 37.6. The van der Waals surface area contributed by atoms with Gasteiger partial charge < -0.3 is 9.47 Å². The predicted molar refractivity (Wildman–Crippen MR) is 216 cm³/mol. The number of hydrogen-bond acceptors (Lipinski definition) is 6. The third-order valence-corrected chi connectivity index (χ3v) is 16.6. The molecule has 0 radical (unpaired) electrons. The van der Waals surface area contributed by atoms with E-state index in [9.17, 15) is 14.4 Å². The summed E-state index contributed by atoms with van der Waals surface area (Å²) in [4.78, 5) is 57.5. The summed E-state index contributed by atoms with van der Waals surface area (Å²) in [6, 6.07) is 29.5. The Kier molecular flexibility index (Phi) is 9.41. The van der Waals surface area contributed by atoms with Gasteiger partial charge in [-0.1, -0.05) is 124 Å². The summed E-state index contributed by atoms with van der Waals surface area (Å²) in [5, 5.41) is 0. The average molecular weight is 755 g/mol. The summed E-state index contributed by atoms with van der Waals surface area (Å²) in [5.41, 5.74) is 0.670. The van der Waals surface area contributed by atoms with Crippen LogP contribution < -0.4 is 0 Å². The Labute approximate surface area is 332 Å². The van der Waals surface area contributed by atoms with E-state index in [1.807, 2.05) is 97.1 Å². The number of allylic oxidation sites excluding steroid dienone is 2. The van der Waals surface area contributed by atoms with Crippen LogP contribution in [-0.4, -0.2) is 23.5 Å². The van der Waals surface area contributed by atoms with Gasteiger partial charge in [-0.25, -0.2) is 0 Å². The number of esters is 2. The molecule has 6 heteroatoms. The van der Waals surface area contributed by atoms with Gasteiger partial charge in [0.05, 0.1) is 5.41 Å². The Morgan fingerprint density at radius 3 is 1.93 bits per heavy atom. The smallest absolute Gasteiger partial charge is 0.319 e. The molecule has 0 saturated heterocycles. The Morgan fingerprint density at radius 1 is 0.714 bits per heavy atom. The van der Waals surface area contributed by atoms with E-state index in [2.05, 4.69) is 34.6 Å². The fourth-order valence-corrected chi connectivity index (χ4v) is 12.8. The third kappa shape index (κ3) is 5.78. The van der Waals surface area contributed by atoms with Crippen LogP contribution in [-0.2, 0) is 35.3 Å². The zero-order valence-electron chi connectivity index (χ0n) is 34.1. The molecule has 5 aliphatic carbocycles. The van der Waals surface area contributed by atoms with E-state index < -0.39 is 28.3 Å². The van der Waals surface area contributed by atoms with Crippen molar-refractivity contribution < 1.29 is 28.7 Å². The van der Waals surface area contributed by atoms with Crippen LogP contribution in [0.25, 0.3) is 0 Å². The van der Waals surface area contributed by atoms with Gasteiger partial charge in [0.2, 0.25) is 0 Å². The minimum Gasteiger partial charge on any atom is -0.460 e. The van der Waals surface area contributed by atoms with Gasteiger partial charge in [-0.3, -0.25) is 19.2 Å². The first-order valence-corrected chi connectivity index (χ1v) is 20.9. The maximum atomic E-state index is 15.0. The highest BCUT2D eigenvalue weighted by Gasteiger charge is 2.72. The van der Waals surface area contributed by atoms with Crippen molar-refractivity contribution in [3.05, 3.63) is 119 Å². The number of rotatable bonds is 7. The molecule has 0 heterocycles. The molecule has 0 N–H and O–H groups in total. The first-order chi connectivity index (χ1) is 26.6. The van der Waals surface area contributed by atoms with Gasteiger partial charge in [0, 0.05) is 12.3 Å². The van der Waals surface area contributed by atoms with Crippen molar-refractivity contribution >= 4 is 23.5 Å². The van der Waals surface area contributed by atoms with E-state index in [0.29, 0.717) is 19.3 Å². The summed E-state index contributed by atoms with van der Waals surface area (Å²) in [7, 11) is 0. The van der Waals surface area contributed by atoms with Crippen LogP contribution in [0.3, 0.4) is 0 Å². The number of Topliss-reactive ketones (excluding diaryl/α,β-unsaturated/α-hetero) is 1. The van der Waals surface area contributed by atoms with Crippen molar-refractivity contribution in [1.29, 1.82) is 0 Å². The van der Waals surface area contributed by atoms with Crippen molar-refractivity contribution in [2.75, 3.05) is 0 Å². The lowest BCUT2D eigenvalue weighted by atomic mass is 9.33. The molecule has 0 aromatic heterocycles. The second kappa shape index (κ2) is 13.7. The second-order valence-corrected chi connectivity index (χ2v) is 19.5. The van der Waals surface area contributed by atoms with E-state index in [-0.39, 0.29) is 64.6 Å². The molecule has 0 aliphatic heterocycles. The van der Waals surface area contributed by atoms with Crippen LogP contribution in [0.15, 0.2) is 103 Å². The fourth-order valence-electron chi connectivity index (χ4n) is 12.8. The topological polar surface area (TPSA) is 86.7 Å². The van der Waals surface area contributed by atoms with Crippen molar-refractivity contribution in [2.24, 2.45) is 50.2 Å². The van der Waals surface area contributed by atoms with Gasteiger partial charge in [-0.05, 0) is 121 Å². The molecule has 56 heavy (non-hydrogen) atoms. The van der Waals surface area contributed by atoms with E-state index in [0.717, 1.165) is 48.8 Å². The minimum atomic E-state index is -1.32. The number of carbonyl (C=O) groups is 4. The van der Waals surface area contributed by atoms with Crippen LogP contribution in [0.1, 0.15) is 122 Å². The number of carbonyl (C=O) groups excluding carboxylic acids is 4. The molecule has 3 aromatic rings. The molecule has 5 aliphatic rings. The standard InChI is InChI=1S/C50H58O6/c1-45-26-27-46(2,43(53)56-41(34-18-12-8-13-19-34)35-20-14-9-15-21-35)31-37(45)36-30-38(51)42-47(3)24-23-40(52)50(6,44(54)55-32-33-16-10-7-11-17-33)39(47)22-25-49(42,5)48(36,4)29-28-45/h7-21,30,37,39,41-42H,22-29,31-32H2,1-6H3/t37-,39+,42+,45+,46-,47-,48+,49+,50-/m0/s1. The van der Waals surface area contributed by atoms with Crippen molar-refractivity contribution in [2.45, 2.75) is 112 Å². The van der Waals surface area contributed by atoms with Gasteiger partial charge in [-0.2, -0.15) is 0 Å². The number of fused-ring (bicyclic) bond motifs is 7. The molecule has 9 atom stereocenters. The maximum Gasteiger partial charge on any atom is 0.319 e. The van der Waals surface area contributed by atoms with Gasteiger partial charge in [0.15, 0.2) is 11.9 Å². The largest absolute Gasteiger partial charge is 0.460 e. The lowest BCUT2D eigenvalue weighted by molar-refractivity contribution is -0.200. The maximum absolute atomic E-state index is 15.0. The summed E-state index contributed by atoms with van der Waals surface area (Å²) in [6.45, 7) is 13.2. The highest BCUT2D eigenvalue weighted by Crippen LogP contribution is 2.75. The van der Waals surface area contributed by atoms with Gasteiger partial charge >= 0.3 is 11.9 Å². The molecule has 0 bridgehead atoms. The molecule has 0 unspecified atom stereocenters. The molecule has 294 valence electrons. The molecule has 8 rings (SSSR count). The predicted octanol–water partition coefficient (Wildman–Crippen LogP) is 10.6. The van der Waals surface area contributed by atoms with E-state index in [1.165, 1.54) is 5.57 Å². The molecule has 0 spiro atoms. The van der Waals surface area contributed by atoms with Crippen LogP contribution in [0.4, 0.5) is 0 Å². The fraction of sp³-hybridized carbons (Fsp3) is 0.520. The second-order valence-electron chi connectivity index (χ2n) is 19.5. The highest BCUT2D eigenvalue weighted by molar-refractivity contribution is 6.05. The monoisotopic (exact) mass is 754 g/mol. The lowest BCUT2D eigenvalue weighted by Crippen LogP contribution is -2.67. The van der Waals surface area contributed by atoms with Crippen LogP contribution in [0, 0.1) is 50.2 Å². The third-order valence-electron chi connectivity index (χ3n) is 16.6. The van der Waals surface area contributed by atoms with Crippen molar-refractivity contribution in [1.82, 2.24) is 0 Å². The van der Waals surface area contributed by atoms with Gasteiger partial charge in [0.1, 0.15) is 17.8 Å². The van der Waals surface area contributed by atoms with Crippen LogP contribution in [0.5, 0.6) is 0 Å². The minimum absolute atomic E-state index is 0.0354. The Hall–Kier alpha value is -4.32. The molecular weight excluding hydrogens is 697 g/mol. The zero-order valence-corrected chi connectivity index (χ0v) is 34.1. The van der Waals surface area contributed by atoms with Crippen LogP contribution >= 0.6 is 0 Å². The van der Waals surface area contributed by atoms with Crippen molar-refractivity contribution in [3.63, 3.8) is 0 Å². The van der Waals surface area contributed by atoms with E-state index in [1.54, 1.807) is 6.92 Å². The van der Waals surface area contributed by atoms with Crippen LogP contribution in [0.2, 0.25) is 0 Å². The first-order valence-electron chi connectivity index (χ1n) is 20.9. The Bertz CT molecular complexity index is 2020. The van der Waals surface area contributed by atoms with Gasteiger partial charge in [0.25, 0.3) is 0 Å². The van der Waals surface area contributed by atoms with Crippen molar-refractivity contribution in [3.8, 4) is 0 Å². The number of ketones is 2. The van der Waals surface area contributed by atoms with Gasteiger partial charge in [-0.15, -0.1) is 0 Å². The zero-order chi connectivity index (χ0) is 39.7. The summed E-state index contributed by atoms with van der Waals surface area (Å²) in [6.07, 6.45) is 7.96. The number of benzene rings is 3. The van der Waals surface area contributed by atoms with E-state index in [4.69, 9.17) is 9.47 Å². The first kappa shape index (κ1) is 38.5. The lowest BCUT2D eigenvalue weighted by Gasteiger charge is -2.69. The highest BCUT2D eigenvalue weighted by atomic mass is 16.5. The molecule has 6 nitrogen and oxygen atoms in total. The molecule has 4 fully saturated rings. The summed E-state index contributed by atoms with van der Waals surface area (Å²) in [5.74, 6) is -1.19. The molecular formula is C50H58O6. The average Bonchev–Trinajstić information content (AvgIpc) is 3.20. The summed E-state index contributed by atoms with van der Waals surface area (Å²) < 4.78 is 12.5. The Morgan fingerprint density at radius 2 is 1.30 bits per heavy atom. The number of ether oxygens (including phenoxy) is 2. The summed E-state index contributed by atoms with van der Waals surface area (Å²) >= 11 is 0. The SMILES string of the molecule is C[C@]1(C(=O)OC(c2ccccc2)c2ccccc2)CC[C@]2(C)CC[C@]3(C)C(=CC(=O)[C@@H]4[C@@]5(C)CCC(=O)[C@@](C)(C(=O)OCc6ccccc6)[C@@H]5CC[C@]43C)[C@@H]2C1. The molecule has 0 amide bonds. The Balaban J connectivity index is 1.10. The molecule has 4 saturated carbocycles.